The van der Waals surface area contributed by atoms with E-state index in [9.17, 15) is 22.8 Å². The molecule has 1 heterocycles. The Morgan fingerprint density at radius 1 is 1.07 bits per heavy atom. The quantitative estimate of drug-likeness (QED) is 0.500. The van der Waals surface area contributed by atoms with E-state index in [4.69, 9.17) is 14.7 Å². The van der Waals surface area contributed by atoms with Gasteiger partial charge in [0.25, 0.3) is 0 Å². The van der Waals surface area contributed by atoms with E-state index in [0.29, 0.717) is 0 Å². The fourth-order valence-electron chi connectivity index (χ4n) is 3.03. The van der Waals surface area contributed by atoms with Crippen molar-refractivity contribution in [1.82, 2.24) is 4.98 Å². The van der Waals surface area contributed by atoms with Crippen molar-refractivity contribution in [2.24, 2.45) is 0 Å². The Bertz CT molecular complexity index is 1010. The lowest BCUT2D eigenvalue weighted by atomic mass is 9.89. The zero-order valence-corrected chi connectivity index (χ0v) is 16.6. The number of carbonyl (C=O) groups is 2. The van der Waals surface area contributed by atoms with Gasteiger partial charge in [-0.15, -0.1) is 0 Å². The number of carbonyl (C=O) groups excluding carboxylic acids is 2. The Morgan fingerprint density at radius 3 is 2.17 bits per heavy atom. The van der Waals surface area contributed by atoms with Gasteiger partial charge in [0, 0.05) is 5.56 Å². The maximum absolute atomic E-state index is 13.7. The zero-order chi connectivity index (χ0) is 22.5. The molecule has 0 saturated carbocycles. The van der Waals surface area contributed by atoms with Crippen LogP contribution >= 0.6 is 0 Å². The van der Waals surface area contributed by atoms with Gasteiger partial charge < -0.3 is 9.47 Å². The number of rotatable bonds is 6. The topological polar surface area (TPSA) is 89.3 Å². The van der Waals surface area contributed by atoms with Gasteiger partial charge in [0.2, 0.25) is 0 Å². The lowest BCUT2D eigenvalue weighted by Crippen LogP contribution is -2.19. The van der Waals surface area contributed by atoms with Crippen LogP contribution in [0.25, 0.3) is 11.1 Å². The number of benzene rings is 1. The highest BCUT2D eigenvalue weighted by atomic mass is 19.4. The largest absolute Gasteiger partial charge is 0.462 e. The molecule has 0 unspecified atom stereocenters. The number of alkyl halides is 3. The van der Waals surface area contributed by atoms with Crippen LogP contribution in [0.1, 0.15) is 51.0 Å². The summed E-state index contributed by atoms with van der Waals surface area (Å²) in [7, 11) is 0. The number of nitriles is 1. The minimum Gasteiger partial charge on any atom is -0.462 e. The summed E-state index contributed by atoms with van der Waals surface area (Å²) in [5.74, 6) is -1.88. The first-order chi connectivity index (χ1) is 14.1. The van der Waals surface area contributed by atoms with Crippen LogP contribution in [0, 0.1) is 25.2 Å². The number of esters is 2. The summed E-state index contributed by atoms with van der Waals surface area (Å²) in [6.07, 6.45) is -4.83. The van der Waals surface area contributed by atoms with Gasteiger partial charge in [0.1, 0.15) is 6.61 Å². The minimum absolute atomic E-state index is 0.0194. The molecular weight excluding hydrogens is 401 g/mol. The third-order valence-corrected chi connectivity index (χ3v) is 4.19. The van der Waals surface area contributed by atoms with Crippen molar-refractivity contribution in [3.05, 3.63) is 52.3 Å². The van der Waals surface area contributed by atoms with Gasteiger partial charge in [0.05, 0.1) is 47.2 Å². The van der Waals surface area contributed by atoms with E-state index in [1.165, 1.54) is 32.0 Å². The third-order valence-electron chi connectivity index (χ3n) is 4.19. The highest BCUT2D eigenvalue weighted by molar-refractivity contribution is 6.07. The average molecular weight is 420 g/mol. The summed E-state index contributed by atoms with van der Waals surface area (Å²) in [6.45, 7) is 4.16. The number of nitrogens with zero attached hydrogens (tertiary/aromatic N) is 2. The van der Waals surface area contributed by atoms with Crippen LogP contribution in [0.5, 0.6) is 0 Å². The van der Waals surface area contributed by atoms with Crippen LogP contribution in [0.15, 0.2) is 24.3 Å². The van der Waals surface area contributed by atoms with Crippen LogP contribution in [0.4, 0.5) is 13.2 Å². The molecule has 0 saturated heterocycles. The minimum atomic E-state index is -4.74. The van der Waals surface area contributed by atoms with Gasteiger partial charge >= 0.3 is 18.1 Å². The maximum Gasteiger partial charge on any atom is 0.417 e. The maximum atomic E-state index is 13.7. The molecule has 30 heavy (non-hydrogen) atoms. The van der Waals surface area contributed by atoms with E-state index in [0.717, 1.165) is 6.07 Å². The van der Waals surface area contributed by atoms with Crippen LogP contribution in [-0.2, 0) is 15.7 Å². The molecule has 2 rings (SSSR count). The Morgan fingerprint density at radius 2 is 1.63 bits per heavy atom. The number of hydrogen-bond acceptors (Lipinski definition) is 6. The van der Waals surface area contributed by atoms with Crippen molar-refractivity contribution < 1.29 is 32.2 Å². The SMILES string of the molecule is CCOC(=O)c1c(C)nc(C)c(C(=O)OCCC#N)c1-c1ccccc1C(F)(F)F. The van der Waals surface area contributed by atoms with Crippen molar-refractivity contribution in [2.75, 3.05) is 13.2 Å². The number of ether oxygens (including phenoxy) is 2. The molecule has 0 aliphatic carbocycles. The number of halogens is 3. The highest BCUT2D eigenvalue weighted by Crippen LogP contribution is 2.41. The standard InChI is InChI=1S/C21H19F3N2O4/c1-4-29-19(27)16-12(2)26-13(3)17(20(28)30-11-7-10-25)18(16)14-8-5-6-9-15(14)21(22,23)24/h5-6,8-9H,4,7,11H2,1-3H3. The van der Waals surface area contributed by atoms with Gasteiger partial charge in [-0.1, -0.05) is 18.2 Å². The first-order valence-electron chi connectivity index (χ1n) is 9.02. The monoisotopic (exact) mass is 420 g/mol. The molecule has 2 aromatic rings. The highest BCUT2D eigenvalue weighted by Gasteiger charge is 2.37. The van der Waals surface area contributed by atoms with Gasteiger partial charge in [-0.3, -0.25) is 4.98 Å². The van der Waals surface area contributed by atoms with Gasteiger partial charge in [-0.2, -0.15) is 18.4 Å². The number of aromatic nitrogens is 1. The van der Waals surface area contributed by atoms with E-state index in [1.807, 2.05) is 0 Å². The molecular formula is C21H19F3N2O4. The number of hydrogen-bond donors (Lipinski definition) is 0. The summed E-state index contributed by atoms with van der Waals surface area (Å²) < 4.78 is 51.2. The Kier molecular flexibility index (Phi) is 7.16. The third kappa shape index (κ3) is 4.76. The van der Waals surface area contributed by atoms with Crippen molar-refractivity contribution in [3.63, 3.8) is 0 Å². The fourth-order valence-corrected chi connectivity index (χ4v) is 3.03. The average Bonchev–Trinajstić information content (AvgIpc) is 2.67. The summed E-state index contributed by atoms with van der Waals surface area (Å²) in [5.41, 5.74) is -1.96. The summed E-state index contributed by atoms with van der Waals surface area (Å²) in [6, 6.07) is 6.42. The van der Waals surface area contributed by atoms with Crippen molar-refractivity contribution in [3.8, 4) is 17.2 Å². The number of pyridine rings is 1. The molecule has 0 N–H and O–H groups in total. The Balaban J connectivity index is 2.89. The second-order valence-corrected chi connectivity index (χ2v) is 6.22. The van der Waals surface area contributed by atoms with Crippen LogP contribution in [0.2, 0.25) is 0 Å². The van der Waals surface area contributed by atoms with E-state index in [-0.39, 0.29) is 53.3 Å². The van der Waals surface area contributed by atoms with Gasteiger partial charge in [-0.25, -0.2) is 9.59 Å². The van der Waals surface area contributed by atoms with E-state index >= 15 is 0 Å². The lowest BCUT2D eigenvalue weighted by Gasteiger charge is -2.20. The first-order valence-corrected chi connectivity index (χ1v) is 9.02. The summed E-state index contributed by atoms with van der Waals surface area (Å²) in [5, 5.41) is 8.64. The Labute approximate surface area is 171 Å². The summed E-state index contributed by atoms with van der Waals surface area (Å²) >= 11 is 0. The molecule has 0 amide bonds. The zero-order valence-electron chi connectivity index (χ0n) is 16.6. The molecule has 9 heteroatoms. The fraction of sp³-hybridized carbons (Fsp3) is 0.333. The molecule has 1 aromatic heterocycles. The molecule has 0 spiro atoms. The number of aryl methyl sites for hydroxylation is 2. The van der Waals surface area contributed by atoms with Crippen molar-refractivity contribution in [1.29, 1.82) is 5.26 Å². The molecule has 0 bridgehead atoms. The smallest absolute Gasteiger partial charge is 0.417 e. The molecule has 0 aliphatic rings. The van der Waals surface area contributed by atoms with Gasteiger partial charge in [-0.05, 0) is 32.4 Å². The molecule has 1 aromatic carbocycles. The van der Waals surface area contributed by atoms with E-state index in [1.54, 1.807) is 13.0 Å². The van der Waals surface area contributed by atoms with Crippen LogP contribution < -0.4 is 0 Å². The Hall–Kier alpha value is -3.41. The normalized spacial score (nSPS) is 11.0. The van der Waals surface area contributed by atoms with Crippen LogP contribution in [-0.4, -0.2) is 30.1 Å². The second-order valence-electron chi connectivity index (χ2n) is 6.22. The summed E-state index contributed by atoms with van der Waals surface area (Å²) in [4.78, 5) is 29.5. The molecule has 0 fully saturated rings. The molecule has 158 valence electrons. The van der Waals surface area contributed by atoms with E-state index in [2.05, 4.69) is 4.98 Å². The predicted molar refractivity (Wildman–Crippen MR) is 101 cm³/mol. The van der Waals surface area contributed by atoms with E-state index < -0.39 is 23.7 Å². The lowest BCUT2D eigenvalue weighted by molar-refractivity contribution is -0.137. The van der Waals surface area contributed by atoms with Gasteiger partial charge in [0.15, 0.2) is 0 Å². The molecule has 6 nitrogen and oxygen atoms in total. The molecule has 0 atom stereocenters. The van der Waals surface area contributed by atoms with Crippen molar-refractivity contribution >= 4 is 11.9 Å². The van der Waals surface area contributed by atoms with Crippen LogP contribution in [0.3, 0.4) is 0 Å². The second kappa shape index (κ2) is 9.39. The van der Waals surface area contributed by atoms with Crippen molar-refractivity contribution in [2.45, 2.75) is 33.4 Å². The molecule has 0 radical (unpaired) electrons. The predicted octanol–water partition coefficient (Wildman–Crippen LogP) is 4.63. The first kappa shape index (κ1) is 22.9. The molecule has 0 aliphatic heterocycles.